The summed E-state index contributed by atoms with van der Waals surface area (Å²) in [5, 5.41) is 0. The molecule has 1 aromatic carbocycles. The maximum atomic E-state index is 11.0. The van der Waals surface area contributed by atoms with Crippen LogP contribution in [0.15, 0.2) is 40.1 Å². The van der Waals surface area contributed by atoms with E-state index in [-0.39, 0.29) is 5.97 Å². The molecule has 0 aliphatic rings. The van der Waals surface area contributed by atoms with Crippen LogP contribution >= 0.6 is 11.8 Å². The van der Waals surface area contributed by atoms with Gasteiger partial charge in [-0.3, -0.25) is 0 Å². The summed E-state index contributed by atoms with van der Waals surface area (Å²) in [5.74, 6) is -0.312. The largest absolute Gasteiger partial charge is 0.466 e. The van der Waals surface area contributed by atoms with Crippen molar-refractivity contribution in [3.63, 3.8) is 0 Å². The second-order valence-electron chi connectivity index (χ2n) is 3.20. The van der Waals surface area contributed by atoms with Crippen molar-refractivity contribution in [2.75, 3.05) is 7.11 Å². The lowest BCUT2D eigenvalue weighted by Gasteiger charge is -2.02. The fraction of sp³-hybridized carbons (Fsp3) is 0.250. The Kier molecular flexibility index (Phi) is 4.43. The van der Waals surface area contributed by atoms with Gasteiger partial charge >= 0.3 is 5.97 Å². The number of thioether (sulfide) groups is 1. The minimum Gasteiger partial charge on any atom is -0.466 e. The number of methoxy groups -OCH3 is 1. The molecule has 80 valence electrons. The molecule has 0 bridgehead atoms. The number of aryl methyl sites for hydroxylation is 1. The third kappa shape index (κ3) is 4.21. The zero-order chi connectivity index (χ0) is 11.3. The molecule has 0 unspecified atom stereocenters. The van der Waals surface area contributed by atoms with E-state index >= 15 is 0 Å². The normalized spacial score (nSPS) is 11.3. The maximum absolute atomic E-state index is 11.0. The van der Waals surface area contributed by atoms with Crippen molar-refractivity contribution in [2.45, 2.75) is 18.7 Å². The maximum Gasteiger partial charge on any atom is 0.331 e. The molecule has 0 aromatic heterocycles. The van der Waals surface area contributed by atoms with E-state index in [1.807, 2.05) is 32.0 Å². The van der Waals surface area contributed by atoms with Crippen molar-refractivity contribution >= 4 is 17.7 Å². The Hall–Kier alpha value is -1.22. The van der Waals surface area contributed by atoms with Crippen LogP contribution in [0.1, 0.15) is 12.5 Å². The van der Waals surface area contributed by atoms with Gasteiger partial charge in [-0.25, -0.2) is 4.79 Å². The van der Waals surface area contributed by atoms with Crippen LogP contribution in [0.2, 0.25) is 0 Å². The zero-order valence-electron chi connectivity index (χ0n) is 9.11. The molecule has 15 heavy (non-hydrogen) atoms. The summed E-state index contributed by atoms with van der Waals surface area (Å²) in [6.45, 7) is 3.94. The molecule has 3 heteroatoms. The predicted molar refractivity (Wildman–Crippen MR) is 62.8 cm³/mol. The molecule has 0 aliphatic heterocycles. The van der Waals surface area contributed by atoms with Crippen LogP contribution in [0.25, 0.3) is 0 Å². The molecule has 2 nitrogen and oxygen atoms in total. The minimum absolute atomic E-state index is 0.312. The lowest BCUT2D eigenvalue weighted by atomic mass is 10.2. The molecule has 0 amide bonds. The number of benzene rings is 1. The summed E-state index contributed by atoms with van der Waals surface area (Å²) in [4.78, 5) is 13.0. The van der Waals surface area contributed by atoms with Crippen LogP contribution in [0.5, 0.6) is 0 Å². The molecular formula is C12H14O2S. The average molecular weight is 222 g/mol. The Morgan fingerprint density at radius 2 is 2.20 bits per heavy atom. The summed E-state index contributed by atoms with van der Waals surface area (Å²) < 4.78 is 4.55. The number of allylic oxidation sites excluding steroid dienone is 1. The van der Waals surface area contributed by atoms with Gasteiger partial charge in [-0.2, -0.15) is 0 Å². The highest BCUT2D eigenvalue weighted by molar-refractivity contribution is 8.03. The van der Waals surface area contributed by atoms with Crippen LogP contribution in [0, 0.1) is 6.92 Å². The van der Waals surface area contributed by atoms with E-state index in [0.717, 1.165) is 9.80 Å². The van der Waals surface area contributed by atoms with Crippen LogP contribution in [0.3, 0.4) is 0 Å². The summed E-state index contributed by atoms with van der Waals surface area (Å²) in [6, 6.07) is 8.15. The Labute approximate surface area is 94.3 Å². The van der Waals surface area contributed by atoms with Crippen LogP contribution in [-0.2, 0) is 9.53 Å². The number of rotatable bonds is 3. The van der Waals surface area contributed by atoms with E-state index in [9.17, 15) is 4.79 Å². The van der Waals surface area contributed by atoms with E-state index in [2.05, 4.69) is 10.8 Å². The number of hydrogen-bond donors (Lipinski definition) is 0. The molecular weight excluding hydrogens is 208 g/mol. The molecule has 1 aromatic rings. The van der Waals surface area contributed by atoms with E-state index < -0.39 is 0 Å². The van der Waals surface area contributed by atoms with Crippen LogP contribution in [-0.4, -0.2) is 13.1 Å². The fourth-order valence-electron chi connectivity index (χ4n) is 1.12. The summed E-state index contributed by atoms with van der Waals surface area (Å²) in [6.07, 6.45) is 1.49. The third-order valence-corrected chi connectivity index (χ3v) is 2.72. The number of hydrogen-bond acceptors (Lipinski definition) is 3. The van der Waals surface area contributed by atoms with Crippen molar-refractivity contribution in [1.29, 1.82) is 0 Å². The molecule has 0 fully saturated rings. The van der Waals surface area contributed by atoms with Gasteiger partial charge in [-0.15, -0.1) is 0 Å². The van der Waals surface area contributed by atoms with Crippen molar-refractivity contribution in [1.82, 2.24) is 0 Å². The summed E-state index contributed by atoms with van der Waals surface area (Å²) in [7, 11) is 1.38. The number of esters is 1. The van der Waals surface area contributed by atoms with E-state index in [1.165, 1.54) is 18.7 Å². The van der Waals surface area contributed by atoms with Gasteiger partial charge in [0, 0.05) is 11.0 Å². The second-order valence-corrected chi connectivity index (χ2v) is 4.52. The Balaban J connectivity index is 2.70. The SMILES string of the molecule is COC(=O)C=C(C)Sc1cccc(C)c1. The Bertz CT molecular complexity index is 383. The van der Waals surface area contributed by atoms with Crippen LogP contribution < -0.4 is 0 Å². The van der Waals surface area contributed by atoms with Crippen LogP contribution in [0.4, 0.5) is 0 Å². The molecule has 1 rings (SSSR count). The first-order valence-corrected chi connectivity index (χ1v) is 5.44. The second kappa shape index (κ2) is 5.61. The smallest absolute Gasteiger partial charge is 0.331 e. The molecule has 0 atom stereocenters. The number of ether oxygens (including phenoxy) is 1. The molecule has 0 radical (unpaired) electrons. The first-order valence-electron chi connectivity index (χ1n) is 4.62. The highest BCUT2D eigenvalue weighted by atomic mass is 32.2. The monoisotopic (exact) mass is 222 g/mol. The molecule has 0 N–H and O–H groups in total. The van der Waals surface area contributed by atoms with Gasteiger partial charge in [0.1, 0.15) is 0 Å². The van der Waals surface area contributed by atoms with Crippen molar-refractivity contribution < 1.29 is 9.53 Å². The van der Waals surface area contributed by atoms with Gasteiger partial charge in [0.2, 0.25) is 0 Å². The summed E-state index contributed by atoms with van der Waals surface area (Å²) in [5.41, 5.74) is 1.21. The highest BCUT2D eigenvalue weighted by Gasteiger charge is 1.99. The van der Waals surface area contributed by atoms with E-state index in [4.69, 9.17) is 0 Å². The third-order valence-electron chi connectivity index (χ3n) is 1.79. The zero-order valence-corrected chi connectivity index (χ0v) is 9.93. The topological polar surface area (TPSA) is 26.3 Å². The Morgan fingerprint density at radius 3 is 2.80 bits per heavy atom. The molecule has 0 saturated carbocycles. The van der Waals surface area contributed by atoms with Gasteiger partial charge in [0.15, 0.2) is 0 Å². The van der Waals surface area contributed by atoms with Crippen molar-refractivity contribution in [3.8, 4) is 0 Å². The Morgan fingerprint density at radius 1 is 1.47 bits per heavy atom. The van der Waals surface area contributed by atoms with E-state index in [1.54, 1.807) is 11.8 Å². The first kappa shape index (κ1) is 11.9. The molecule has 0 spiro atoms. The molecule has 0 aliphatic carbocycles. The fourth-order valence-corrected chi connectivity index (χ4v) is 2.04. The number of carbonyl (C=O) groups is 1. The number of carbonyl (C=O) groups excluding carboxylic acids is 1. The van der Waals surface area contributed by atoms with Gasteiger partial charge in [-0.1, -0.05) is 29.5 Å². The molecule has 0 heterocycles. The quantitative estimate of drug-likeness (QED) is 0.446. The van der Waals surface area contributed by atoms with Gasteiger partial charge < -0.3 is 4.74 Å². The lowest BCUT2D eigenvalue weighted by molar-refractivity contribution is -0.134. The molecule has 0 saturated heterocycles. The van der Waals surface area contributed by atoms with Crippen molar-refractivity contribution in [2.24, 2.45) is 0 Å². The predicted octanol–water partition coefficient (Wildman–Crippen LogP) is 3.16. The van der Waals surface area contributed by atoms with Crippen molar-refractivity contribution in [3.05, 3.63) is 40.8 Å². The van der Waals surface area contributed by atoms with Gasteiger partial charge in [0.25, 0.3) is 0 Å². The average Bonchev–Trinajstić information content (AvgIpc) is 2.17. The van der Waals surface area contributed by atoms with Gasteiger partial charge in [-0.05, 0) is 30.9 Å². The van der Waals surface area contributed by atoms with Gasteiger partial charge in [0.05, 0.1) is 7.11 Å². The van der Waals surface area contributed by atoms with E-state index in [0.29, 0.717) is 0 Å². The standard InChI is InChI=1S/C12H14O2S/c1-9-5-4-6-11(7-9)15-10(2)8-12(13)14-3/h4-8H,1-3H3. The lowest BCUT2D eigenvalue weighted by Crippen LogP contribution is -1.94. The first-order chi connectivity index (χ1) is 7.11. The minimum atomic E-state index is -0.312. The summed E-state index contributed by atoms with van der Waals surface area (Å²) >= 11 is 1.56. The highest BCUT2D eigenvalue weighted by Crippen LogP contribution is 2.26.